The van der Waals surface area contributed by atoms with Crippen molar-refractivity contribution in [1.82, 2.24) is 15.1 Å². The molecule has 0 fully saturated rings. The van der Waals surface area contributed by atoms with E-state index in [1.807, 2.05) is 13.8 Å². The molecule has 1 aromatic heterocycles. The molecule has 0 aliphatic rings. The summed E-state index contributed by atoms with van der Waals surface area (Å²) in [5, 5.41) is 9.63. The van der Waals surface area contributed by atoms with Gasteiger partial charge in [0.05, 0.1) is 11.9 Å². The highest BCUT2D eigenvalue weighted by molar-refractivity contribution is 5.75. The van der Waals surface area contributed by atoms with Crippen LogP contribution in [0.25, 0.3) is 0 Å². The molecule has 0 aliphatic heterocycles. The van der Waals surface area contributed by atoms with Crippen molar-refractivity contribution in [3.8, 4) is 0 Å². The second kappa shape index (κ2) is 7.52. The third-order valence-electron chi connectivity index (χ3n) is 2.34. The highest BCUT2D eigenvalue weighted by atomic mass is 16.2. The van der Waals surface area contributed by atoms with Crippen LogP contribution in [0.15, 0.2) is 17.1 Å². The van der Waals surface area contributed by atoms with E-state index in [0.29, 0.717) is 31.2 Å². The van der Waals surface area contributed by atoms with E-state index in [1.54, 1.807) is 0 Å². The highest BCUT2D eigenvalue weighted by Gasteiger charge is 2.06. The van der Waals surface area contributed by atoms with Gasteiger partial charge in [0.25, 0.3) is 5.56 Å². The molecule has 0 saturated heterocycles. The van der Waals surface area contributed by atoms with Crippen LogP contribution in [0, 0.1) is 5.92 Å². The van der Waals surface area contributed by atoms with Crippen molar-refractivity contribution in [2.75, 3.05) is 25.0 Å². The Balaban J connectivity index is 2.59. The molecule has 1 amide bonds. The van der Waals surface area contributed by atoms with E-state index < -0.39 is 0 Å². The molecule has 0 aliphatic carbocycles. The maximum atomic E-state index is 11.7. The van der Waals surface area contributed by atoms with Gasteiger partial charge in [0, 0.05) is 25.7 Å². The number of carbonyl (C=O) groups excluding carboxylic acids is 1. The lowest BCUT2D eigenvalue weighted by Gasteiger charge is -2.09. The van der Waals surface area contributed by atoms with Gasteiger partial charge in [-0.05, 0) is 5.92 Å². The van der Waals surface area contributed by atoms with E-state index in [-0.39, 0.29) is 18.0 Å². The molecule has 7 heteroatoms. The number of nitrogens with two attached hydrogens (primary N) is 1. The van der Waals surface area contributed by atoms with Gasteiger partial charge >= 0.3 is 0 Å². The third kappa shape index (κ3) is 5.52. The Morgan fingerprint density at radius 3 is 2.84 bits per heavy atom. The lowest BCUT2D eigenvalue weighted by molar-refractivity contribution is -0.122. The first-order chi connectivity index (χ1) is 9.02. The van der Waals surface area contributed by atoms with Crippen LogP contribution >= 0.6 is 0 Å². The van der Waals surface area contributed by atoms with Crippen molar-refractivity contribution in [1.29, 1.82) is 0 Å². The molecule has 1 aromatic rings. The van der Waals surface area contributed by atoms with Crippen molar-refractivity contribution in [2.45, 2.75) is 20.4 Å². The largest absolute Gasteiger partial charge is 0.382 e. The average Bonchev–Trinajstić information content (AvgIpc) is 2.37. The van der Waals surface area contributed by atoms with Gasteiger partial charge in [-0.2, -0.15) is 5.10 Å². The molecule has 0 radical (unpaired) electrons. The molecule has 0 saturated carbocycles. The van der Waals surface area contributed by atoms with E-state index >= 15 is 0 Å². The van der Waals surface area contributed by atoms with Gasteiger partial charge < -0.3 is 16.4 Å². The maximum Gasteiger partial charge on any atom is 0.269 e. The van der Waals surface area contributed by atoms with E-state index in [4.69, 9.17) is 5.73 Å². The zero-order valence-corrected chi connectivity index (χ0v) is 11.3. The van der Waals surface area contributed by atoms with Crippen LogP contribution in [0.2, 0.25) is 0 Å². The molecule has 19 heavy (non-hydrogen) atoms. The van der Waals surface area contributed by atoms with E-state index in [1.165, 1.54) is 12.3 Å². The number of carbonyl (C=O) groups is 1. The Kier molecular flexibility index (Phi) is 6.01. The summed E-state index contributed by atoms with van der Waals surface area (Å²) in [5.41, 5.74) is 5.64. The first-order valence-electron chi connectivity index (χ1n) is 6.30. The van der Waals surface area contributed by atoms with Crippen molar-refractivity contribution in [3.05, 3.63) is 22.6 Å². The monoisotopic (exact) mass is 267 g/mol. The lowest BCUT2D eigenvalue weighted by atomic mass is 10.2. The number of rotatable bonds is 7. The van der Waals surface area contributed by atoms with Crippen LogP contribution in [-0.2, 0) is 11.3 Å². The molecule has 0 unspecified atom stereocenters. The Bertz CT molecular complexity index is 469. The Hall–Kier alpha value is -1.89. The third-order valence-corrected chi connectivity index (χ3v) is 2.34. The minimum absolute atomic E-state index is 0.0667. The van der Waals surface area contributed by atoms with Crippen molar-refractivity contribution in [2.24, 2.45) is 11.7 Å². The summed E-state index contributed by atoms with van der Waals surface area (Å²) in [6.07, 6.45) is 1.51. The van der Waals surface area contributed by atoms with Gasteiger partial charge in [0.1, 0.15) is 6.54 Å². The van der Waals surface area contributed by atoms with Crippen molar-refractivity contribution >= 4 is 11.6 Å². The normalized spacial score (nSPS) is 10.5. The molecule has 4 N–H and O–H groups in total. The summed E-state index contributed by atoms with van der Waals surface area (Å²) >= 11 is 0. The second-order valence-corrected chi connectivity index (χ2v) is 4.65. The van der Waals surface area contributed by atoms with Crippen molar-refractivity contribution in [3.63, 3.8) is 0 Å². The minimum atomic E-state index is -0.318. The first-order valence-corrected chi connectivity index (χ1v) is 6.30. The number of nitrogens with one attached hydrogen (secondary N) is 2. The van der Waals surface area contributed by atoms with Crippen LogP contribution < -0.4 is 21.9 Å². The summed E-state index contributed by atoms with van der Waals surface area (Å²) < 4.78 is 1.13. The van der Waals surface area contributed by atoms with Crippen molar-refractivity contribution < 1.29 is 4.79 Å². The SMILES string of the molecule is CC(C)CNC(=O)Cn1ncc(NCCN)cc1=O. The van der Waals surface area contributed by atoms with Gasteiger partial charge in [0.2, 0.25) is 5.91 Å². The zero-order chi connectivity index (χ0) is 14.3. The molecule has 1 heterocycles. The number of hydrogen-bond acceptors (Lipinski definition) is 5. The predicted molar refractivity (Wildman–Crippen MR) is 73.9 cm³/mol. The van der Waals surface area contributed by atoms with Crippen LogP contribution in [-0.4, -0.2) is 35.3 Å². The van der Waals surface area contributed by atoms with Gasteiger partial charge in [-0.15, -0.1) is 0 Å². The van der Waals surface area contributed by atoms with Gasteiger partial charge in [-0.25, -0.2) is 4.68 Å². The Morgan fingerprint density at radius 1 is 1.53 bits per heavy atom. The number of amides is 1. The fraction of sp³-hybridized carbons (Fsp3) is 0.583. The zero-order valence-electron chi connectivity index (χ0n) is 11.3. The number of anilines is 1. The summed E-state index contributed by atoms with van der Waals surface area (Å²) in [4.78, 5) is 23.3. The van der Waals surface area contributed by atoms with E-state index in [0.717, 1.165) is 4.68 Å². The molecule has 1 rings (SSSR count). The molecule has 0 spiro atoms. The van der Waals surface area contributed by atoms with Crippen LogP contribution in [0.3, 0.4) is 0 Å². The molecule has 7 nitrogen and oxygen atoms in total. The van der Waals surface area contributed by atoms with E-state index in [9.17, 15) is 9.59 Å². The van der Waals surface area contributed by atoms with Crippen LogP contribution in [0.4, 0.5) is 5.69 Å². The predicted octanol–water partition coefficient (Wildman–Crippen LogP) is -0.614. The molecule has 106 valence electrons. The molecular formula is C12H21N5O2. The second-order valence-electron chi connectivity index (χ2n) is 4.65. The fourth-order valence-electron chi connectivity index (χ4n) is 1.38. The molecule has 0 bridgehead atoms. The summed E-state index contributed by atoms with van der Waals surface area (Å²) in [6, 6.07) is 1.40. The Labute approximate surface area is 112 Å². The van der Waals surface area contributed by atoms with Crippen LogP contribution in [0.1, 0.15) is 13.8 Å². The lowest BCUT2D eigenvalue weighted by Crippen LogP contribution is -2.35. The smallest absolute Gasteiger partial charge is 0.269 e. The Morgan fingerprint density at radius 2 is 2.26 bits per heavy atom. The average molecular weight is 267 g/mol. The van der Waals surface area contributed by atoms with Gasteiger partial charge in [0.15, 0.2) is 0 Å². The summed E-state index contributed by atoms with van der Waals surface area (Å²) in [7, 11) is 0. The van der Waals surface area contributed by atoms with Crippen LogP contribution in [0.5, 0.6) is 0 Å². The highest BCUT2D eigenvalue weighted by Crippen LogP contribution is 1.98. The number of nitrogens with zero attached hydrogens (tertiary/aromatic N) is 2. The molecule has 0 aromatic carbocycles. The maximum absolute atomic E-state index is 11.7. The summed E-state index contributed by atoms with van der Waals surface area (Å²) in [6.45, 7) is 5.57. The molecule has 0 atom stereocenters. The number of aromatic nitrogens is 2. The quantitative estimate of drug-likeness (QED) is 0.611. The van der Waals surface area contributed by atoms with E-state index in [2.05, 4.69) is 15.7 Å². The fourth-order valence-corrected chi connectivity index (χ4v) is 1.38. The standard InChI is InChI=1S/C12H21N5O2/c1-9(2)6-15-11(18)8-17-12(19)5-10(7-16-17)14-4-3-13/h5,7,9,14H,3-4,6,8,13H2,1-2H3,(H,15,18). The molecular weight excluding hydrogens is 246 g/mol. The summed E-state index contributed by atoms with van der Waals surface area (Å²) in [5.74, 6) is 0.155. The minimum Gasteiger partial charge on any atom is -0.382 e. The first kappa shape index (κ1) is 15.2. The number of hydrogen-bond donors (Lipinski definition) is 3. The topological polar surface area (TPSA) is 102 Å². The van der Waals surface area contributed by atoms with Gasteiger partial charge in [-0.3, -0.25) is 9.59 Å². The van der Waals surface area contributed by atoms with Gasteiger partial charge in [-0.1, -0.05) is 13.8 Å².